The zero-order valence-electron chi connectivity index (χ0n) is 17.7. The fourth-order valence-corrected chi connectivity index (χ4v) is 4.35. The van der Waals surface area contributed by atoms with Gasteiger partial charge < -0.3 is 15.1 Å². The molecular weight excluding hydrogens is 362 g/mol. The number of carbonyl (C=O) groups excluding carboxylic acids is 1. The summed E-state index contributed by atoms with van der Waals surface area (Å²) >= 11 is 0. The van der Waals surface area contributed by atoms with E-state index in [1.807, 2.05) is 9.58 Å². The quantitative estimate of drug-likeness (QED) is 0.815. The number of carbonyl (C=O) groups is 1. The third kappa shape index (κ3) is 4.70. The molecule has 1 N–H and O–H groups in total. The van der Waals surface area contributed by atoms with Gasteiger partial charge in [0.25, 0.3) is 5.91 Å². The second kappa shape index (κ2) is 9.09. The van der Waals surface area contributed by atoms with Crippen molar-refractivity contribution in [2.75, 3.05) is 39.8 Å². The van der Waals surface area contributed by atoms with Crippen LogP contribution in [0.25, 0.3) is 0 Å². The number of likely N-dealkylation sites (N-methyl/N-ethyl adjacent to an activating group) is 1. The Bertz CT molecular complexity index is 820. The lowest BCUT2D eigenvalue weighted by Crippen LogP contribution is -2.47. The van der Waals surface area contributed by atoms with Crippen molar-refractivity contribution in [3.05, 3.63) is 52.8 Å². The van der Waals surface area contributed by atoms with Gasteiger partial charge in [-0.05, 0) is 49.9 Å². The number of nitrogens with zero attached hydrogens (tertiary/aromatic N) is 4. The first-order chi connectivity index (χ1) is 14.1. The first-order valence-electron chi connectivity index (χ1n) is 10.9. The molecule has 2 aliphatic heterocycles. The molecule has 0 radical (unpaired) electrons. The van der Waals surface area contributed by atoms with E-state index >= 15 is 0 Å². The Morgan fingerprint density at radius 1 is 1.10 bits per heavy atom. The first-order valence-corrected chi connectivity index (χ1v) is 10.9. The molecule has 1 amide bonds. The van der Waals surface area contributed by atoms with Crippen molar-refractivity contribution in [1.29, 1.82) is 0 Å². The Morgan fingerprint density at radius 2 is 1.83 bits per heavy atom. The maximum Gasteiger partial charge on any atom is 0.257 e. The third-order valence-corrected chi connectivity index (χ3v) is 6.39. The van der Waals surface area contributed by atoms with Gasteiger partial charge in [-0.25, -0.2) is 0 Å². The van der Waals surface area contributed by atoms with Crippen molar-refractivity contribution < 1.29 is 4.79 Å². The summed E-state index contributed by atoms with van der Waals surface area (Å²) in [6, 6.07) is 8.86. The van der Waals surface area contributed by atoms with Crippen LogP contribution in [0.2, 0.25) is 0 Å². The van der Waals surface area contributed by atoms with Crippen molar-refractivity contribution in [3.63, 3.8) is 0 Å². The van der Waals surface area contributed by atoms with E-state index < -0.39 is 0 Å². The third-order valence-electron chi connectivity index (χ3n) is 6.39. The van der Waals surface area contributed by atoms with Crippen molar-refractivity contribution in [3.8, 4) is 0 Å². The average Bonchev–Trinajstić information content (AvgIpc) is 3.17. The molecule has 1 atom stereocenters. The highest BCUT2D eigenvalue weighted by atomic mass is 16.2. The van der Waals surface area contributed by atoms with E-state index in [1.165, 1.54) is 11.1 Å². The maximum absolute atomic E-state index is 13.0. The Balaban J connectivity index is 1.33. The van der Waals surface area contributed by atoms with Crippen LogP contribution in [0.3, 0.4) is 0 Å². The Morgan fingerprint density at radius 3 is 2.55 bits per heavy atom. The van der Waals surface area contributed by atoms with Gasteiger partial charge >= 0.3 is 0 Å². The van der Waals surface area contributed by atoms with Gasteiger partial charge in [-0.3, -0.25) is 9.48 Å². The SMILES string of the molecule is CCc1ccc(CNC[C@@H]2CCn3ncc(C(=O)N4CCN(C)CC4)c3C2)cc1. The van der Waals surface area contributed by atoms with E-state index in [1.54, 1.807) is 6.20 Å². The number of hydrogen-bond donors (Lipinski definition) is 1. The Hall–Kier alpha value is -2.18. The van der Waals surface area contributed by atoms with Crippen LogP contribution in [0.4, 0.5) is 0 Å². The fourth-order valence-electron chi connectivity index (χ4n) is 4.35. The minimum absolute atomic E-state index is 0.156. The lowest BCUT2D eigenvalue weighted by Gasteiger charge is -2.32. The van der Waals surface area contributed by atoms with Crippen LogP contribution < -0.4 is 5.32 Å². The van der Waals surface area contributed by atoms with Crippen LogP contribution in [0, 0.1) is 5.92 Å². The monoisotopic (exact) mass is 395 g/mol. The number of fused-ring (bicyclic) bond motifs is 1. The standard InChI is InChI=1S/C23H33N5O/c1-3-18-4-6-19(7-5-18)15-24-16-20-8-9-28-22(14-20)21(17-25-28)23(29)27-12-10-26(2)11-13-27/h4-7,17,20,24H,3,8-16H2,1-2H3/t20-/m1/s1. The van der Waals surface area contributed by atoms with E-state index in [2.05, 4.69) is 53.6 Å². The summed E-state index contributed by atoms with van der Waals surface area (Å²) in [5.41, 5.74) is 4.65. The molecule has 3 heterocycles. The zero-order valence-corrected chi connectivity index (χ0v) is 17.7. The van der Waals surface area contributed by atoms with Crippen molar-refractivity contribution in [1.82, 2.24) is 24.9 Å². The van der Waals surface area contributed by atoms with Crippen LogP contribution in [0.15, 0.2) is 30.5 Å². The molecule has 0 aliphatic carbocycles. The van der Waals surface area contributed by atoms with Crippen molar-refractivity contribution in [2.24, 2.45) is 5.92 Å². The number of hydrogen-bond acceptors (Lipinski definition) is 4. The summed E-state index contributed by atoms with van der Waals surface area (Å²) in [4.78, 5) is 17.3. The van der Waals surface area contributed by atoms with Crippen molar-refractivity contribution in [2.45, 2.75) is 39.3 Å². The van der Waals surface area contributed by atoms with Gasteiger partial charge in [0.1, 0.15) is 0 Å². The average molecular weight is 396 g/mol. The smallest absolute Gasteiger partial charge is 0.257 e. The van der Waals surface area contributed by atoms with Crippen LogP contribution >= 0.6 is 0 Å². The van der Waals surface area contributed by atoms with Gasteiger partial charge in [-0.15, -0.1) is 0 Å². The summed E-state index contributed by atoms with van der Waals surface area (Å²) in [5.74, 6) is 0.706. The van der Waals surface area contributed by atoms with Gasteiger partial charge in [-0.1, -0.05) is 31.2 Å². The molecule has 6 nitrogen and oxygen atoms in total. The minimum atomic E-state index is 0.156. The second-order valence-electron chi connectivity index (χ2n) is 8.48. The summed E-state index contributed by atoms with van der Waals surface area (Å²) < 4.78 is 2.04. The first kappa shape index (κ1) is 20.1. The number of piperazine rings is 1. The summed E-state index contributed by atoms with van der Waals surface area (Å²) in [7, 11) is 2.11. The lowest BCUT2D eigenvalue weighted by atomic mass is 9.94. The highest BCUT2D eigenvalue weighted by Crippen LogP contribution is 2.24. The molecule has 0 unspecified atom stereocenters. The van der Waals surface area contributed by atoms with Crippen LogP contribution in [0.5, 0.6) is 0 Å². The molecule has 29 heavy (non-hydrogen) atoms. The number of benzene rings is 1. The Kier molecular flexibility index (Phi) is 6.31. The van der Waals surface area contributed by atoms with E-state index in [4.69, 9.17) is 0 Å². The van der Waals surface area contributed by atoms with Gasteiger partial charge in [0, 0.05) is 39.3 Å². The predicted molar refractivity (Wildman–Crippen MR) is 115 cm³/mol. The molecule has 1 aromatic carbocycles. The lowest BCUT2D eigenvalue weighted by molar-refractivity contribution is 0.0662. The number of rotatable bonds is 6. The predicted octanol–water partition coefficient (Wildman–Crippen LogP) is 2.19. The van der Waals surface area contributed by atoms with Gasteiger partial charge in [0.15, 0.2) is 0 Å². The van der Waals surface area contributed by atoms with E-state index in [0.29, 0.717) is 5.92 Å². The topological polar surface area (TPSA) is 53.4 Å². The molecule has 1 aromatic heterocycles. The van der Waals surface area contributed by atoms with Crippen molar-refractivity contribution >= 4 is 5.91 Å². The normalized spacial score (nSPS) is 19.9. The minimum Gasteiger partial charge on any atom is -0.336 e. The molecular formula is C23H33N5O. The molecule has 0 saturated carbocycles. The van der Waals surface area contributed by atoms with E-state index in [0.717, 1.165) is 76.3 Å². The number of nitrogens with one attached hydrogen (secondary N) is 1. The summed E-state index contributed by atoms with van der Waals surface area (Å²) in [5, 5.41) is 8.12. The Labute approximate surface area is 173 Å². The highest BCUT2D eigenvalue weighted by Gasteiger charge is 2.28. The zero-order chi connectivity index (χ0) is 20.2. The molecule has 1 saturated heterocycles. The number of aromatic nitrogens is 2. The molecule has 6 heteroatoms. The largest absolute Gasteiger partial charge is 0.336 e. The molecule has 2 aliphatic rings. The van der Waals surface area contributed by atoms with E-state index in [-0.39, 0.29) is 5.91 Å². The number of amides is 1. The van der Waals surface area contributed by atoms with Crippen LogP contribution in [-0.4, -0.2) is 65.3 Å². The van der Waals surface area contributed by atoms with E-state index in [9.17, 15) is 4.79 Å². The molecule has 4 rings (SSSR count). The summed E-state index contributed by atoms with van der Waals surface area (Å²) in [6.07, 6.45) is 4.91. The van der Waals surface area contributed by atoms with Crippen LogP contribution in [-0.2, 0) is 25.9 Å². The molecule has 0 spiro atoms. The van der Waals surface area contributed by atoms with Gasteiger partial charge in [0.2, 0.25) is 0 Å². The van der Waals surface area contributed by atoms with Gasteiger partial charge in [0.05, 0.1) is 17.5 Å². The molecule has 2 aromatic rings. The summed E-state index contributed by atoms with van der Waals surface area (Å²) in [6.45, 7) is 8.47. The molecule has 1 fully saturated rings. The highest BCUT2D eigenvalue weighted by molar-refractivity contribution is 5.95. The van der Waals surface area contributed by atoms with Gasteiger partial charge in [-0.2, -0.15) is 5.10 Å². The maximum atomic E-state index is 13.0. The number of aryl methyl sites for hydroxylation is 2. The van der Waals surface area contributed by atoms with Crippen LogP contribution in [0.1, 0.15) is 40.5 Å². The fraction of sp³-hybridized carbons (Fsp3) is 0.565. The molecule has 0 bridgehead atoms. The second-order valence-corrected chi connectivity index (χ2v) is 8.48. The molecule has 156 valence electrons.